The molecule has 2 heterocycles. The molecule has 0 aliphatic carbocycles. The lowest BCUT2D eigenvalue weighted by molar-refractivity contribution is 0.103. The van der Waals surface area contributed by atoms with Crippen molar-refractivity contribution in [2.24, 2.45) is 14.1 Å². The van der Waals surface area contributed by atoms with Crippen LogP contribution in [0.1, 0.15) is 16.1 Å². The zero-order valence-electron chi connectivity index (χ0n) is 8.01. The molecule has 5 heteroatoms. The molecule has 0 aliphatic heterocycles. The molecule has 2 aromatic heterocycles. The van der Waals surface area contributed by atoms with Gasteiger partial charge >= 0.3 is 0 Å². The summed E-state index contributed by atoms with van der Waals surface area (Å²) in [5.74, 6) is -0.0573. The monoisotopic (exact) mass is 190 g/mol. The first-order chi connectivity index (χ1) is 6.68. The van der Waals surface area contributed by atoms with E-state index in [-0.39, 0.29) is 5.78 Å². The number of carbonyl (C=O) groups excluding carboxylic acids is 1. The zero-order valence-corrected chi connectivity index (χ0v) is 8.01. The van der Waals surface area contributed by atoms with E-state index in [9.17, 15) is 4.79 Å². The van der Waals surface area contributed by atoms with E-state index in [2.05, 4.69) is 10.2 Å². The van der Waals surface area contributed by atoms with Gasteiger partial charge in [-0.3, -0.25) is 14.2 Å². The summed E-state index contributed by atoms with van der Waals surface area (Å²) in [5, 5.41) is 7.88. The van der Waals surface area contributed by atoms with Crippen molar-refractivity contribution < 1.29 is 4.79 Å². The molecule has 0 bridgehead atoms. The summed E-state index contributed by atoms with van der Waals surface area (Å²) >= 11 is 0. The molecule has 14 heavy (non-hydrogen) atoms. The van der Waals surface area contributed by atoms with Gasteiger partial charge in [0.2, 0.25) is 5.78 Å². The van der Waals surface area contributed by atoms with Crippen LogP contribution in [0.5, 0.6) is 0 Å². The Morgan fingerprint density at radius 3 is 2.64 bits per heavy atom. The number of aromatic nitrogens is 4. The molecule has 0 saturated carbocycles. The van der Waals surface area contributed by atoms with Crippen LogP contribution in [0, 0.1) is 0 Å². The maximum atomic E-state index is 11.8. The first kappa shape index (κ1) is 8.68. The molecule has 0 aromatic carbocycles. The molecule has 2 aromatic rings. The molecule has 0 fully saturated rings. The largest absolute Gasteiger partial charge is 0.287 e. The van der Waals surface area contributed by atoms with Crippen molar-refractivity contribution in [3.05, 3.63) is 35.9 Å². The lowest BCUT2D eigenvalue weighted by Crippen LogP contribution is -2.07. The Labute approximate surface area is 81.0 Å². The summed E-state index contributed by atoms with van der Waals surface area (Å²) in [6, 6.07) is 1.69. The normalized spacial score (nSPS) is 10.4. The summed E-state index contributed by atoms with van der Waals surface area (Å²) in [6.45, 7) is 0. The van der Waals surface area contributed by atoms with E-state index >= 15 is 0 Å². The number of ketones is 1. The number of rotatable bonds is 2. The van der Waals surface area contributed by atoms with E-state index in [0.29, 0.717) is 11.3 Å². The van der Waals surface area contributed by atoms with Crippen molar-refractivity contribution in [3.63, 3.8) is 0 Å². The molecule has 0 unspecified atom stereocenters. The fraction of sp³-hybridized carbons (Fsp3) is 0.222. The minimum atomic E-state index is -0.0573. The summed E-state index contributed by atoms with van der Waals surface area (Å²) in [7, 11) is 3.52. The fourth-order valence-electron chi connectivity index (χ4n) is 1.28. The van der Waals surface area contributed by atoms with Gasteiger partial charge < -0.3 is 0 Å². The molecule has 72 valence electrons. The minimum absolute atomic E-state index is 0.0573. The van der Waals surface area contributed by atoms with Crippen LogP contribution in [-0.4, -0.2) is 25.3 Å². The lowest BCUT2D eigenvalue weighted by Gasteiger charge is -1.97. The molecule has 0 amide bonds. The van der Waals surface area contributed by atoms with Crippen LogP contribution in [0.25, 0.3) is 0 Å². The van der Waals surface area contributed by atoms with Gasteiger partial charge in [-0.15, -0.1) is 0 Å². The minimum Gasteiger partial charge on any atom is -0.287 e. The molecule has 5 nitrogen and oxygen atoms in total. The SMILES string of the molecule is Cn1cc(C(=O)c2ccnn2C)cn1. The molecular weight excluding hydrogens is 180 g/mol. The topological polar surface area (TPSA) is 52.7 Å². The molecular formula is C9H10N4O. The second-order valence-electron chi connectivity index (χ2n) is 3.07. The van der Waals surface area contributed by atoms with Crippen LogP contribution in [0.3, 0.4) is 0 Å². The average Bonchev–Trinajstić information content (AvgIpc) is 2.73. The third kappa shape index (κ3) is 1.32. The van der Waals surface area contributed by atoms with Gasteiger partial charge in [0.05, 0.1) is 11.8 Å². The molecule has 0 atom stereocenters. The van der Waals surface area contributed by atoms with Crippen LogP contribution < -0.4 is 0 Å². The first-order valence-corrected chi connectivity index (χ1v) is 4.20. The van der Waals surface area contributed by atoms with Gasteiger partial charge in [0.1, 0.15) is 5.69 Å². The Balaban J connectivity index is 2.38. The Morgan fingerprint density at radius 2 is 2.14 bits per heavy atom. The highest BCUT2D eigenvalue weighted by atomic mass is 16.1. The van der Waals surface area contributed by atoms with Gasteiger partial charge in [-0.05, 0) is 6.07 Å². The highest BCUT2D eigenvalue weighted by molar-refractivity contribution is 6.07. The second kappa shape index (κ2) is 3.10. The smallest absolute Gasteiger partial charge is 0.214 e. The maximum absolute atomic E-state index is 11.8. The number of hydrogen-bond donors (Lipinski definition) is 0. The predicted molar refractivity (Wildman–Crippen MR) is 49.8 cm³/mol. The van der Waals surface area contributed by atoms with Crippen LogP contribution in [0.2, 0.25) is 0 Å². The Bertz CT molecular complexity index is 469. The molecule has 0 aliphatic rings. The third-order valence-electron chi connectivity index (χ3n) is 2.02. The maximum Gasteiger partial charge on any atom is 0.214 e. The van der Waals surface area contributed by atoms with Gasteiger partial charge in [-0.2, -0.15) is 10.2 Å². The van der Waals surface area contributed by atoms with Gasteiger partial charge in [-0.25, -0.2) is 0 Å². The first-order valence-electron chi connectivity index (χ1n) is 4.20. The summed E-state index contributed by atoms with van der Waals surface area (Å²) in [5.41, 5.74) is 1.15. The Kier molecular flexibility index (Phi) is 1.92. The highest BCUT2D eigenvalue weighted by Crippen LogP contribution is 2.06. The van der Waals surface area contributed by atoms with Crippen molar-refractivity contribution in [1.29, 1.82) is 0 Å². The molecule has 0 radical (unpaired) electrons. The summed E-state index contributed by atoms with van der Waals surface area (Å²) in [6.07, 6.45) is 4.84. The molecule has 0 spiro atoms. The number of aryl methyl sites for hydroxylation is 2. The van der Waals surface area contributed by atoms with Crippen molar-refractivity contribution in [2.75, 3.05) is 0 Å². The third-order valence-corrected chi connectivity index (χ3v) is 2.02. The standard InChI is InChI=1S/C9H10N4O/c1-12-6-7(5-11-12)9(14)8-3-4-10-13(8)2/h3-6H,1-2H3. The number of carbonyl (C=O) groups is 1. The summed E-state index contributed by atoms with van der Waals surface area (Å²) < 4.78 is 3.15. The van der Waals surface area contributed by atoms with Crippen LogP contribution in [0.15, 0.2) is 24.7 Å². The van der Waals surface area contributed by atoms with Crippen molar-refractivity contribution >= 4 is 5.78 Å². The number of nitrogens with zero attached hydrogens (tertiary/aromatic N) is 4. The van der Waals surface area contributed by atoms with Crippen LogP contribution in [0.4, 0.5) is 0 Å². The molecule has 2 rings (SSSR count). The van der Waals surface area contributed by atoms with Gasteiger partial charge in [0, 0.05) is 26.5 Å². The summed E-state index contributed by atoms with van der Waals surface area (Å²) in [4.78, 5) is 11.8. The van der Waals surface area contributed by atoms with Crippen molar-refractivity contribution in [1.82, 2.24) is 19.6 Å². The van der Waals surface area contributed by atoms with Gasteiger partial charge in [0.25, 0.3) is 0 Å². The number of hydrogen-bond acceptors (Lipinski definition) is 3. The average molecular weight is 190 g/mol. The van der Waals surface area contributed by atoms with E-state index in [0.717, 1.165) is 0 Å². The van der Waals surface area contributed by atoms with E-state index in [4.69, 9.17) is 0 Å². The molecule has 0 saturated heterocycles. The quantitative estimate of drug-likeness (QED) is 0.643. The highest BCUT2D eigenvalue weighted by Gasteiger charge is 2.13. The second-order valence-corrected chi connectivity index (χ2v) is 3.07. The predicted octanol–water partition coefficient (Wildman–Crippen LogP) is 0.385. The Hall–Kier alpha value is -1.91. The van der Waals surface area contributed by atoms with Crippen molar-refractivity contribution in [2.45, 2.75) is 0 Å². The fourth-order valence-corrected chi connectivity index (χ4v) is 1.28. The van der Waals surface area contributed by atoms with Crippen LogP contribution in [-0.2, 0) is 14.1 Å². The zero-order chi connectivity index (χ0) is 10.1. The van der Waals surface area contributed by atoms with E-state index in [1.165, 1.54) is 0 Å². The molecule has 0 N–H and O–H groups in total. The van der Waals surface area contributed by atoms with Crippen molar-refractivity contribution in [3.8, 4) is 0 Å². The van der Waals surface area contributed by atoms with Crippen LogP contribution >= 0.6 is 0 Å². The van der Waals surface area contributed by atoms with Gasteiger partial charge in [0.15, 0.2) is 0 Å². The van der Waals surface area contributed by atoms with E-state index in [1.54, 1.807) is 48.1 Å². The van der Waals surface area contributed by atoms with Gasteiger partial charge in [-0.1, -0.05) is 0 Å². The van der Waals surface area contributed by atoms with E-state index in [1.807, 2.05) is 0 Å². The van der Waals surface area contributed by atoms with E-state index < -0.39 is 0 Å². The Morgan fingerprint density at radius 1 is 1.36 bits per heavy atom. The lowest BCUT2D eigenvalue weighted by atomic mass is 10.2.